The molecule has 0 aliphatic carbocycles. The van der Waals surface area contributed by atoms with Crippen molar-refractivity contribution in [2.45, 2.75) is 12.8 Å². The summed E-state index contributed by atoms with van der Waals surface area (Å²) in [4.78, 5) is 12.7. The minimum Gasteiger partial charge on any atom is -0.355 e. The molecule has 1 N–H and O–H groups in total. The van der Waals surface area contributed by atoms with Gasteiger partial charge in [-0.1, -0.05) is 0 Å². The maximum Gasteiger partial charge on any atom is 0.220 e. The van der Waals surface area contributed by atoms with E-state index >= 15 is 0 Å². The van der Waals surface area contributed by atoms with Crippen LogP contribution in [0.25, 0.3) is 0 Å². The molecule has 1 radical (unpaired) electrons. The molecule has 0 unspecified atom stereocenters. The average molecular weight is 155 g/mol. The molecule has 1 aliphatic heterocycles. The summed E-state index contributed by atoms with van der Waals surface area (Å²) in [5, 5.41) is 2.68. The minimum atomic E-state index is -0.177. The largest absolute Gasteiger partial charge is 0.355 e. The highest BCUT2D eigenvalue weighted by molar-refractivity contribution is 5.79. The lowest BCUT2D eigenvalue weighted by Gasteiger charge is -2.13. The van der Waals surface area contributed by atoms with Crippen LogP contribution in [0.15, 0.2) is 0 Å². The zero-order valence-electron chi connectivity index (χ0n) is 6.81. The molecule has 1 fully saturated rings. The normalized spacial score (nSPS) is 18.6. The Balaban J connectivity index is 1.98. The van der Waals surface area contributed by atoms with Gasteiger partial charge in [0.05, 0.1) is 0 Å². The van der Waals surface area contributed by atoms with Crippen molar-refractivity contribution in [3.8, 4) is 0 Å². The van der Waals surface area contributed by atoms with Crippen LogP contribution in [0.2, 0.25) is 0 Å². The first-order valence-corrected chi connectivity index (χ1v) is 4.11. The van der Waals surface area contributed by atoms with E-state index in [1.54, 1.807) is 0 Å². The monoisotopic (exact) mass is 155 g/mol. The summed E-state index contributed by atoms with van der Waals surface area (Å²) in [6.07, 6.45) is 2.61. The van der Waals surface area contributed by atoms with Crippen LogP contribution in [0, 0.1) is 6.92 Å². The molecule has 1 rings (SSSR count). The van der Waals surface area contributed by atoms with Gasteiger partial charge in [0.1, 0.15) is 0 Å². The summed E-state index contributed by atoms with van der Waals surface area (Å²) in [5.41, 5.74) is 0. The lowest BCUT2D eigenvalue weighted by molar-refractivity contribution is -0.116. The lowest BCUT2D eigenvalue weighted by Crippen LogP contribution is -2.32. The van der Waals surface area contributed by atoms with Crippen molar-refractivity contribution in [1.29, 1.82) is 0 Å². The highest BCUT2D eigenvalue weighted by Crippen LogP contribution is 2.05. The summed E-state index contributed by atoms with van der Waals surface area (Å²) >= 11 is 0. The smallest absolute Gasteiger partial charge is 0.220 e. The van der Waals surface area contributed by atoms with Gasteiger partial charge >= 0.3 is 0 Å². The topological polar surface area (TPSA) is 32.3 Å². The molecule has 1 aliphatic rings. The minimum absolute atomic E-state index is 0.177. The van der Waals surface area contributed by atoms with E-state index < -0.39 is 0 Å². The first-order chi connectivity index (χ1) is 5.29. The predicted octanol–water partition coefficient (Wildman–Crippen LogP) is 0.0325. The van der Waals surface area contributed by atoms with Crippen molar-refractivity contribution in [3.63, 3.8) is 0 Å². The first-order valence-electron chi connectivity index (χ1n) is 4.11. The van der Waals surface area contributed by atoms with Crippen LogP contribution in [-0.4, -0.2) is 37.0 Å². The Morgan fingerprint density at radius 2 is 2.09 bits per heavy atom. The van der Waals surface area contributed by atoms with Gasteiger partial charge in [0.15, 0.2) is 0 Å². The summed E-state index contributed by atoms with van der Waals surface area (Å²) in [6.45, 7) is 7.32. The van der Waals surface area contributed by atoms with Crippen LogP contribution in [0.5, 0.6) is 0 Å². The molecular formula is C8H15N2O. The Kier molecular flexibility index (Phi) is 3.36. The maximum absolute atomic E-state index is 10.4. The number of hydrogen-bond donors (Lipinski definition) is 1. The van der Waals surface area contributed by atoms with Crippen LogP contribution in [-0.2, 0) is 4.79 Å². The molecule has 0 aromatic rings. The fraction of sp³-hybridized carbons (Fsp3) is 0.750. The molecule has 63 valence electrons. The number of nitrogens with one attached hydrogen (secondary N) is 1. The molecule has 1 heterocycles. The van der Waals surface area contributed by atoms with Crippen molar-refractivity contribution >= 4 is 5.91 Å². The van der Waals surface area contributed by atoms with Crippen molar-refractivity contribution in [2.75, 3.05) is 26.2 Å². The number of amides is 1. The molecule has 3 nitrogen and oxygen atoms in total. The number of nitrogens with zero attached hydrogens (tertiary/aromatic N) is 1. The van der Waals surface area contributed by atoms with Crippen molar-refractivity contribution in [2.24, 2.45) is 0 Å². The maximum atomic E-state index is 10.4. The van der Waals surface area contributed by atoms with Gasteiger partial charge in [-0.15, -0.1) is 0 Å². The zero-order valence-corrected chi connectivity index (χ0v) is 6.81. The molecule has 11 heavy (non-hydrogen) atoms. The Morgan fingerprint density at radius 1 is 1.45 bits per heavy atom. The Hall–Kier alpha value is -0.570. The third-order valence-corrected chi connectivity index (χ3v) is 1.95. The second-order valence-electron chi connectivity index (χ2n) is 2.90. The van der Waals surface area contributed by atoms with Gasteiger partial charge in [-0.05, 0) is 25.9 Å². The Bertz CT molecular complexity index is 130. The quantitative estimate of drug-likeness (QED) is 0.623. The fourth-order valence-corrected chi connectivity index (χ4v) is 1.36. The SMILES string of the molecule is [CH2]C(=O)NCCN1CCCC1. The molecule has 1 amide bonds. The van der Waals surface area contributed by atoms with Crippen LogP contribution in [0.4, 0.5) is 0 Å². The molecule has 1 saturated heterocycles. The number of hydrogen-bond acceptors (Lipinski definition) is 2. The van der Waals surface area contributed by atoms with Gasteiger partial charge in [0.2, 0.25) is 5.91 Å². The van der Waals surface area contributed by atoms with E-state index in [0.717, 1.165) is 13.1 Å². The molecule has 0 aromatic heterocycles. The van der Waals surface area contributed by atoms with Crippen LogP contribution >= 0.6 is 0 Å². The van der Waals surface area contributed by atoms with Crippen molar-refractivity contribution in [3.05, 3.63) is 6.92 Å². The highest BCUT2D eigenvalue weighted by Gasteiger charge is 2.09. The number of rotatable bonds is 3. The number of carbonyl (C=O) groups excluding carboxylic acids is 1. The molecule has 3 heteroatoms. The van der Waals surface area contributed by atoms with Crippen LogP contribution in [0.1, 0.15) is 12.8 Å². The molecular weight excluding hydrogens is 140 g/mol. The molecule has 0 saturated carbocycles. The van der Waals surface area contributed by atoms with E-state index in [2.05, 4.69) is 17.1 Å². The molecule has 0 atom stereocenters. The van der Waals surface area contributed by atoms with Gasteiger partial charge in [0, 0.05) is 20.0 Å². The first kappa shape index (κ1) is 8.53. The second kappa shape index (κ2) is 4.34. The Morgan fingerprint density at radius 3 is 2.64 bits per heavy atom. The molecule has 0 aromatic carbocycles. The van der Waals surface area contributed by atoms with Crippen molar-refractivity contribution in [1.82, 2.24) is 10.2 Å². The van der Waals surface area contributed by atoms with E-state index in [-0.39, 0.29) is 5.91 Å². The van der Waals surface area contributed by atoms with Gasteiger partial charge in [-0.25, -0.2) is 0 Å². The Labute approximate surface area is 67.8 Å². The van der Waals surface area contributed by atoms with Crippen LogP contribution < -0.4 is 5.32 Å². The standard InChI is InChI=1S/C8H15N2O/c1-8(11)9-4-7-10-5-2-3-6-10/h1-7H2,(H,9,11). The van der Waals surface area contributed by atoms with Crippen molar-refractivity contribution < 1.29 is 4.79 Å². The zero-order chi connectivity index (χ0) is 8.10. The van der Waals surface area contributed by atoms with Gasteiger partial charge < -0.3 is 10.2 Å². The second-order valence-corrected chi connectivity index (χ2v) is 2.90. The van der Waals surface area contributed by atoms with Gasteiger partial charge in [-0.3, -0.25) is 4.79 Å². The lowest BCUT2D eigenvalue weighted by atomic mass is 10.4. The molecule has 0 spiro atoms. The predicted molar refractivity (Wildman–Crippen MR) is 44.0 cm³/mol. The van der Waals surface area contributed by atoms with E-state index in [4.69, 9.17) is 0 Å². The average Bonchev–Trinajstić information content (AvgIpc) is 2.39. The van der Waals surface area contributed by atoms with E-state index in [9.17, 15) is 4.79 Å². The number of carbonyl (C=O) groups is 1. The van der Waals surface area contributed by atoms with E-state index in [0.29, 0.717) is 0 Å². The summed E-state index contributed by atoms with van der Waals surface area (Å²) in [6, 6.07) is 0. The number of likely N-dealkylation sites (tertiary alicyclic amines) is 1. The van der Waals surface area contributed by atoms with E-state index in [1.807, 2.05) is 0 Å². The van der Waals surface area contributed by atoms with Gasteiger partial charge in [0.25, 0.3) is 0 Å². The van der Waals surface area contributed by atoms with Crippen LogP contribution in [0.3, 0.4) is 0 Å². The summed E-state index contributed by atoms with van der Waals surface area (Å²) in [7, 11) is 0. The van der Waals surface area contributed by atoms with Gasteiger partial charge in [-0.2, -0.15) is 0 Å². The molecule has 0 bridgehead atoms. The fourth-order valence-electron chi connectivity index (χ4n) is 1.36. The third kappa shape index (κ3) is 3.37. The highest BCUT2D eigenvalue weighted by atomic mass is 16.1. The third-order valence-electron chi connectivity index (χ3n) is 1.95. The summed E-state index contributed by atoms with van der Waals surface area (Å²) in [5.74, 6) is -0.177. The summed E-state index contributed by atoms with van der Waals surface area (Å²) < 4.78 is 0. The van der Waals surface area contributed by atoms with E-state index in [1.165, 1.54) is 25.9 Å².